The molecule has 0 heterocycles. The number of amides is 1. The summed E-state index contributed by atoms with van der Waals surface area (Å²) in [5.74, 6) is -0.0542. The molecule has 0 aliphatic carbocycles. The van der Waals surface area contributed by atoms with E-state index >= 15 is 0 Å². The molecule has 0 aliphatic rings. The number of rotatable bonds is 4. The number of benzene rings is 1. The Hall–Kier alpha value is -1.82. The van der Waals surface area contributed by atoms with Crippen molar-refractivity contribution in [3.05, 3.63) is 35.4 Å². The van der Waals surface area contributed by atoms with Gasteiger partial charge in [-0.05, 0) is 25.0 Å². The van der Waals surface area contributed by atoms with E-state index in [4.69, 9.17) is 5.26 Å². The summed E-state index contributed by atoms with van der Waals surface area (Å²) >= 11 is 0. The maximum atomic E-state index is 12.1. The lowest BCUT2D eigenvalue weighted by atomic mass is 10.0. The van der Waals surface area contributed by atoms with Crippen LogP contribution in [0.2, 0.25) is 0 Å². The Balaban J connectivity index is 2.99. The Labute approximate surface area is 96.3 Å². The molecule has 0 spiro atoms. The number of carbonyl (C=O) groups excluding carboxylic acids is 1. The highest BCUT2D eigenvalue weighted by Crippen LogP contribution is 2.12. The van der Waals surface area contributed by atoms with E-state index in [2.05, 4.69) is 0 Å². The van der Waals surface area contributed by atoms with Crippen molar-refractivity contribution in [1.29, 1.82) is 5.26 Å². The fraction of sp³-hybridized carbons (Fsp3) is 0.385. The minimum absolute atomic E-state index is 0.0542. The van der Waals surface area contributed by atoms with E-state index in [1.165, 1.54) is 0 Å². The first-order valence-electron chi connectivity index (χ1n) is 5.48. The van der Waals surface area contributed by atoms with Gasteiger partial charge in [0.25, 0.3) is 5.91 Å². The van der Waals surface area contributed by atoms with Crippen LogP contribution in [-0.2, 0) is 6.42 Å². The quantitative estimate of drug-likeness (QED) is 0.724. The molecule has 0 N–H and O–H groups in total. The first-order valence-corrected chi connectivity index (χ1v) is 5.48. The highest BCUT2D eigenvalue weighted by atomic mass is 16.2. The normalized spacial score (nSPS) is 9.56. The zero-order valence-corrected chi connectivity index (χ0v) is 9.73. The summed E-state index contributed by atoms with van der Waals surface area (Å²) in [4.78, 5) is 13.7. The molecule has 3 nitrogen and oxygen atoms in total. The van der Waals surface area contributed by atoms with Gasteiger partial charge >= 0.3 is 0 Å². The molecule has 0 saturated carbocycles. The van der Waals surface area contributed by atoms with Crippen LogP contribution in [0.15, 0.2) is 24.3 Å². The van der Waals surface area contributed by atoms with Gasteiger partial charge in [0.2, 0.25) is 0 Å². The van der Waals surface area contributed by atoms with E-state index in [9.17, 15) is 4.79 Å². The van der Waals surface area contributed by atoms with Crippen LogP contribution in [0.5, 0.6) is 0 Å². The molecule has 1 aromatic rings. The predicted octanol–water partition coefficient (Wildman–Crippen LogP) is 2.23. The number of hydrogen-bond donors (Lipinski definition) is 0. The smallest absolute Gasteiger partial charge is 0.254 e. The van der Waals surface area contributed by atoms with Crippen molar-refractivity contribution >= 4 is 5.91 Å². The number of hydrogen-bond acceptors (Lipinski definition) is 2. The van der Waals surface area contributed by atoms with Gasteiger partial charge in [-0.3, -0.25) is 4.79 Å². The number of nitrogens with zero attached hydrogens (tertiary/aromatic N) is 2. The third-order valence-electron chi connectivity index (χ3n) is 2.56. The van der Waals surface area contributed by atoms with Crippen LogP contribution in [0.3, 0.4) is 0 Å². The SMILES string of the molecule is CCc1ccccc1C(=O)N(CC)CC#N. The summed E-state index contributed by atoms with van der Waals surface area (Å²) in [5.41, 5.74) is 1.74. The molecule has 0 fully saturated rings. The zero-order valence-electron chi connectivity index (χ0n) is 9.73. The van der Waals surface area contributed by atoms with E-state index in [-0.39, 0.29) is 12.5 Å². The Morgan fingerprint density at radius 3 is 2.62 bits per heavy atom. The monoisotopic (exact) mass is 216 g/mol. The van der Waals surface area contributed by atoms with E-state index in [0.717, 1.165) is 12.0 Å². The Morgan fingerprint density at radius 2 is 2.06 bits per heavy atom. The van der Waals surface area contributed by atoms with Crippen LogP contribution in [0.4, 0.5) is 0 Å². The molecule has 16 heavy (non-hydrogen) atoms. The fourth-order valence-corrected chi connectivity index (χ4v) is 1.62. The van der Waals surface area contributed by atoms with Gasteiger partial charge in [0.1, 0.15) is 6.54 Å². The van der Waals surface area contributed by atoms with Crippen molar-refractivity contribution < 1.29 is 4.79 Å². The van der Waals surface area contributed by atoms with Gasteiger partial charge in [-0.1, -0.05) is 25.1 Å². The van der Waals surface area contributed by atoms with E-state index in [0.29, 0.717) is 12.1 Å². The van der Waals surface area contributed by atoms with Crippen LogP contribution < -0.4 is 0 Å². The number of carbonyl (C=O) groups is 1. The molecule has 0 aromatic heterocycles. The molecule has 84 valence electrons. The molecule has 0 bridgehead atoms. The first-order chi connectivity index (χ1) is 7.74. The molecular formula is C13H16N2O. The molecule has 1 rings (SSSR count). The van der Waals surface area contributed by atoms with Crippen molar-refractivity contribution in [2.45, 2.75) is 20.3 Å². The third-order valence-corrected chi connectivity index (χ3v) is 2.56. The van der Waals surface area contributed by atoms with Gasteiger partial charge in [-0.2, -0.15) is 5.26 Å². The summed E-state index contributed by atoms with van der Waals surface area (Å²) in [5, 5.41) is 8.65. The predicted molar refractivity (Wildman–Crippen MR) is 63.0 cm³/mol. The Kier molecular flexibility index (Phi) is 4.53. The second kappa shape index (κ2) is 5.92. The van der Waals surface area contributed by atoms with Crippen molar-refractivity contribution in [1.82, 2.24) is 4.90 Å². The van der Waals surface area contributed by atoms with Crippen LogP contribution in [-0.4, -0.2) is 23.9 Å². The molecular weight excluding hydrogens is 200 g/mol. The molecule has 0 saturated heterocycles. The fourth-order valence-electron chi connectivity index (χ4n) is 1.62. The summed E-state index contributed by atoms with van der Waals surface area (Å²) < 4.78 is 0. The largest absolute Gasteiger partial charge is 0.326 e. The molecule has 0 aliphatic heterocycles. The Bertz CT molecular complexity index is 407. The Morgan fingerprint density at radius 1 is 1.38 bits per heavy atom. The van der Waals surface area contributed by atoms with Gasteiger partial charge in [-0.25, -0.2) is 0 Å². The van der Waals surface area contributed by atoms with Crippen LogP contribution in [0.1, 0.15) is 29.8 Å². The van der Waals surface area contributed by atoms with E-state index in [1.54, 1.807) is 4.90 Å². The second-order valence-corrected chi connectivity index (χ2v) is 3.49. The molecule has 0 radical (unpaired) electrons. The van der Waals surface area contributed by atoms with E-state index < -0.39 is 0 Å². The van der Waals surface area contributed by atoms with Gasteiger partial charge in [0.05, 0.1) is 6.07 Å². The van der Waals surface area contributed by atoms with Crippen molar-refractivity contribution in [3.63, 3.8) is 0 Å². The zero-order chi connectivity index (χ0) is 12.0. The standard InChI is InChI=1S/C13H16N2O/c1-3-11-7-5-6-8-12(11)13(16)15(4-2)10-9-14/h5-8H,3-4,10H2,1-2H3. The molecule has 0 atom stereocenters. The average molecular weight is 216 g/mol. The van der Waals surface area contributed by atoms with Crippen molar-refractivity contribution in [2.75, 3.05) is 13.1 Å². The maximum Gasteiger partial charge on any atom is 0.254 e. The molecule has 0 unspecified atom stereocenters. The highest BCUT2D eigenvalue weighted by Gasteiger charge is 2.15. The lowest BCUT2D eigenvalue weighted by Gasteiger charge is -2.18. The number of aryl methyl sites for hydroxylation is 1. The summed E-state index contributed by atoms with van der Waals surface area (Å²) in [7, 11) is 0. The maximum absolute atomic E-state index is 12.1. The van der Waals surface area contributed by atoms with Crippen molar-refractivity contribution in [3.8, 4) is 6.07 Å². The van der Waals surface area contributed by atoms with Crippen LogP contribution in [0.25, 0.3) is 0 Å². The molecule has 1 amide bonds. The second-order valence-electron chi connectivity index (χ2n) is 3.49. The summed E-state index contributed by atoms with van der Waals surface area (Å²) in [6.45, 7) is 4.61. The highest BCUT2D eigenvalue weighted by molar-refractivity contribution is 5.95. The lowest BCUT2D eigenvalue weighted by Crippen LogP contribution is -2.31. The average Bonchev–Trinajstić information content (AvgIpc) is 2.35. The minimum Gasteiger partial charge on any atom is -0.326 e. The lowest BCUT2D eigenvalue weighted by molar-refractivity contribution is 0.0783. The van der Waals surface area contributed by atoms with Crippen LogP contribution in [0, 0.1) is 11.3 Å². The van der Waals surface area contributed by atoms with Gasteiger partial charge in [0, 0.05) is 12.1 Å². The summed E-state index contributed by atoms with van der Waals surface area (Å²) in [6.07, 6.45) is 0.825. The third kappa shape index (κ3) is 2.60. The van der Waals surface area contributed by atoms with Gasteiger partial charge in [-0.15, -0.1) is 0 Å². The van der Waals surface area contributed by atoms with Gasteiger partial charge < -0.3 is 4.90 Å². The summed E-state index contributed by atoms with van der Waals surface area (Å²) in [6, 6.07) is 9.56. The molecule has 1 aromatic carbocycles. The van der Waals surface area contributed by atoms with Gasteiger partial charge in [0.15, 0.2) is 0 Å². The molecule has 3 heteroatoms. The first kappa shape index (κ1) is 12.3. The van der Waals surface area contributed by atoms with Crippen LogP contribution >= 0.6 is 0 Å². The van der Waals surface area contributed by atoms with Crippen molar-refractivity contribution in [2.24, 2.45) is 0 Å². The topological polar surface area (TPSA) is 44.1 Å². The van der Waals surface area contributed by atoms with E-state index in [1.807, 2.05) is 44.2 Å². The number of nitriles is 1. The minimum atomic E-state index is -0.0542.